The van der Waals surface area contributed by atoms with Crippen molar-refractivity contribution in [2.75, 3.05) is 11.5 Å². The summed E-state index contributed by atoms with van der Waals surface area (Å²) in [6, 6.07) is 14.1. The highest BCUT2D eigenvalue weighted by Crippen LogP contribution is 2.35. The molecule has 0 saturated heterocycles. The van der Waals surface area contributed by atoms with E-state index in [1.54, 1.807) is 0 Å². The molecular formula is C13H11N3S. The molecule has 0 saturated carbocycles. The van der Waals surface area contributed by atoms with E-state index in [1.807, 2.05) is 42.5 Å². The average Bonchev–Trinajstić information content (AvgIpc) is 2.72. The number of rotatable bonds is 1. The molecule has 17 heavy (non-hydrogen) atoms. The lowest BCUT2D eigenvalue weighted by atomic mass is 10.0. The molecule has 0 spiro atoms. The zero-order chi connectivity index (χ0) is 11.8. The van der Waals surface area contributed by atoms with Gasteiger partial charge in [-0.25, -0.2) is 4.98 Å². The Labute approximate surface area is 103 Å². The molecule has 0 fully saturated rings. The van der Waals surface area contributed by atoms with E-state index in [1.165, 1.54) is 11.3 Å². The smallest absolute Gasteiger partial charge is 0.181 e. The molecule has 84 valence electrons. The van der Waals surface area contributed by atoms with Crippen LogP contribution in [0.3, 0.4) is 0 Å². The molecule has 1 aromatic heterocycles. The van der Waals surface area contributed by atoms with Gasteiger partial charge in [0.05, 0.1) is 10.4 Å². The van der Waals surface area contributed by atoms with Crippen molar-refractivity contribution >= 4 is 32.4 Å². The minimum atomic E-state index is 0.553. The van der Waals surface area contributed by atoms with Gasteiger partial charge >= 0.3 is 0 Å². The van der Waals surface area contributed by atoms with Crippen LogP contribution in [0, 0.1) is 0 Å². The van der Waals surface area contributed by atoms with Gasteiger partial charge in [0.25, 0.3) is 0 Å². The lowest BCUT2D eigenvalue weighted by Crippen LogP contribution is -1.91. The number of thiazole rings is 1. The third kappa shape index (κ3) is 1.62. The van der Waals surface area contributed by atoms with Crippen molar-refractivity contribution in [1.82, 2.24) is 4.98 Å². The summed E-state index contributed by atoms with van der Waals surface area (Å²) >= 11 is 1.46. The van der Waals surface area contributed by atoms with Gasteiger partial charge in [0.1, 0.15) is 5.52 Å². The summed E-state index contributed by atoms with van der Waals surface area (Å²) in [5.41, 5.74) is 15.4. The molecule has 0 unspecified atom stereocenters. The number of hydrogen-bond donors (Lipinski definition) is 2. The first kappa shape index (κ1) is 10.1. The van der Waals surface area contributed by atoms with Crippen LogP contribution in [0.2, 0.25) is 0 Å². The van der Waals surface area contributed by atoms with Crippen molar-refractivity contribution in [1.29, 1.82) is 0 Å². The molecule has 4 N–H and O–H groups in total. The topological polar surface area (TPSA) is 64.9 Å². The largest absolute Gasteiger partial charge is 0.396 e. The van der Waals surface area contributed by atoms with Crippen LogP contribution in [-0.4, -0.2) is 4.98 Å². The van der Waals surface area contributed by atoms with Crippen LogP contribution in [0.1, 0.15) is 0 Å². The number of anilines is 2. The molecule has 3 rings (SSSR count). The number of nitrogens with two attached hydrogens (primary N) is 2. The van der Waals surface area contributed by atoms with Gasteiger partial charge in [-0.2, -0.15) is 0 Å². The number of benzene rings is 2. The second kappa shape index (κ2) is 3.75. The highest BCUT2D eigenvalue weighted by Gasteiger charge is 2.09. The minimum Gasteiger partial charge on any atom is -0.396 e. The fraction of sp³-hybridized carbons (Fsp3) is 0. The SMILES string of the molecule is Nc1nc2c(N)c(-c3ccccc3)ccc2s1. The van der Waals surface area contributed by atoms with E-state index < -0.39 is 0 Å². The molecule has 0 radical (unpaired) electrons. The Balaban J connectivity index is 2.28. The molecule has 0 aliphatic heterocycles. The fourth-order valence-corrected chi connectivity index (χ4v) is 2.65. The van der Waals surface area contributed by atoms with E-state index in [2.05, 4.69) is 4.98 Å². The molecule has 0 amide bonds. The van der Waals surface area contributed by atoms with Gasteiger partial charge in [-0.1, -0.05) is 47.7 Å². The number of nitrogen functional groups attached to an aromatic ring is 2. The Morgan fingerprint density at radius 2 is 1.71 bits per heavy atom. The van der Waals surface area contributed by atoms with Crippen molar-refractivity contribution in [2.45, 2.75) is 0 Å². The van der Waals surface area contributed by atoms with E-state index in [-0.39, 0.29) is 0 Å². The first-order chi connectivity index (χ1) is 8.25. The third-order valence-corrected chi connectivity index (χ3v) is 3.55. The zero-order valence-electron chi connectivity index (χ0n) is 9.05. The summed E-state index contributed by atoms with van der Waals surface area (Å²) in [5.74, 6) is 0. The molecule has 2 aromatic carbocycles. The van der Waals surface area contributed by atoms with Crippen LogP contribution >= 0.6 is 11.3 Å². The first-order valence-electron chi connectivity index (χ1n) is 5.25. The van der Waals surface area contributed by atoms with Gasteiger partial charge in [0.2, 0.25) is 0 Å². The van der Waals surface area contributed by atoms with Gasteiger partial charge in [-0.05, 0) is 11.6 Å². The monoisotopic (exact) mass is 241 g/mol. The van der Waals surface area contributed by atoms with Crippen molar-refractivity contribution in [3.8, 4) is 11.1 Å². The van der Waals surface area contributed by atoms with E-state index in [0.29, 0.717) is 10.8 Å². The standard InChI is InChI=1S/C13H11N3S/c14-11-9(8-4-2-1-3-5-8)6-7-10-12(11)16-13(15)17-10/h1-7H,14H2,(H2,15,16). The Bertz CT molecular complexity index is 674. The second-order valence-corrected chi connectivity index (χ2v) is 4.85. The highest BCUT2D eigenvalue weighted by molar-refractivity contribution is 7.22. The normalized spacial score (nSPS) is 10.8. The van der Waals surface area contributed by atoms with Crippen LogP contribution < -0.4 is 11.5 Å². The summed E-state index contributed by atoms with van der Waals surface area (Å²) in [6.07, 6.45) is 0. The summed E-state index contributed by atoms with van der Waals surface area (Å²) in [6.45, 7) is 0. The van der Waals surface area contributed by atoms with Gasteiger partial charge < -0.3 is 11.5 Å². The number of fused-ring (bicyclic) bond motifs is 1. The molecule has 3 aromatic rings. The second-order valence-electron chi connectivity index (χ2n) is 3.79. The quantitative estimate of drug-likeness (QED) is 0.643. The van der Waals surface area contributed by atoms with Crippen molar-refractivity contribution in [2.24, 2.45) is 0 Å². The summed E-state index contributed by atoms with van der Waals surface area (Å²) in [5, 5.41) is 0.553. The molecule has 0 aliphatic carbocycles. The van der Waals surface area contributed by atoms with Crippen LogP contribution in [0.25, 0.3) is 21.3 Å². The van der Waals surface area contributed by atoms with Crippen molar-refractivity contribution in [3.63, 3.8) is 0 Å². The summed E-state index contributed by atoms with van der Waals surface area (Å²) < 4.78 is 1.03. The van der Waals surface area contributed by atoms with Crippen molar-refractivity contribution in [3.05, 3.63) is 42.5 Å². The van der Waals surface area contributed by atoms with Gasteiger partial charge in [0.15, 0.2) is 5.13 Å². The number of aromatic nitrogens is 1. The van der Waals surface area contributed by atoms with E-state index in [0.717, 1.165) is 21.3 Å². The zero-order valence-corrected chi connectivity index (χ0v) is 9.87. The van der Waals surface area contributed by atoms with Crippen LogP contribution in [0.15, 0.2) is 42.5 Å². The molecule has 1 heterocycles. The molecule has 0 aliphatic rings. The summed E-state index contributed by atoms with van der Waals surface area (Å²) in [7, 11) is 0. The van der Waals surface area contributed by atoms with E-state index in [4.69, 9.17) is 11.5 Å². The first-order valence-corrected chi connectivity index (χ1v) is 6.07. The molecular weight excluding hydrogens is 230 g/mol. The maximum atomic E-state index is 6.15. The Hall–Kier alpha value is -2.07. The van der Waals surface area contributed by atoms with Gasteiger partial charge in [-0.3, -0.25) is 0 Å². The highest BCUT2D eigenvalue weighted by atomic mass is 32.1. The minimum absolute atomic E-state index is 0.553. The van der Waals surface area contributed by atoms with Crippen molar-refractivity contribution < 1.29 is 0 Å². The van der Waals surface area contributed by atoms with Crippen LogP contribution in [-0.2, 0) is 0 Å². The lowest BCUT2D eigenvalue weighted by Gasteiger charge is -2.05. The van der Waals surface area contributed by atoms with Gasteiger partial charge in [-0.15, -0.1) is 0 Å². The Morgan fingerprint density at radius 3 is 2.47 bits per heavy atom. The predicted octanol–water partition coefficient (Wildman–Crippen LogP) is 3.13. The molecule has 3 nitrogen and oxygen atoms in total. The van der Waals surface area contributed by atoms with E-state index in [9.17, 15) is 0 Å². The third-order valence-electron chi connectivity index (χ3n) is 2.70. The lowest BCUT2D eigenvalue weighted by molar-refractivity contribution is 1.49. The fourth-order valence-electron chi connectivity index (χ4n) is 1.90. The maximum Gasteiger partial charge on any atom is 0.181 e. The van der Waals surface area contributed by atoms with Crippen LogP contribution in [0.5, 0.6) is 0 Å². The number of nitrogens with zero attached hydrogens (tertiary/aromatic N) is 1. The average molecular weight is 241 g/mol. The Morgan fingerprint density at radius 1 is 0.941 bits per heavy atom. The maximum absolute atomic E-state index is 6.15. The van der Waals surface area contributed by atoms with E-state index >= 15 is 0 Å². The Kier molecular flexibility index (Phi) is 2.23. The molecule has 4 heteroatoms. The predicted molar refractivity (Wildman–Crippen MR) is 73.9 cm³/mol. The molecule has 0 atom stereocenters. The van der Waals surface area contributed by atoms with Crippen LogP contribution in [0.4, 0.5) is 10.8 Å². The molecule has 0 bridgehead atoms. The van der Waals surface area contributed by atoms with Gasteiger partial charge in [0, 0.05) is 5.56 Å². The number of hydrogen-bond acceptors (Lipinski definition) is 4. The summed E-state index contributed by atoms with van der Waals surface area (Å²) in [4.78, 5) is 4.27.